The van der Waals surface area contributed by atoms with Gasteiger partial charge in [-0.25, -0.2) is 13.1 Å². The summed E-state index contributed by atoms with van der Waals surface area (Å²) in [7, 11) is -2.90. The molecule has 4 atom stereocenters. The third kappa shape index (κ3) is 0.773. The molecule has 0 aromatic heterocycles. The summed E-state index contributed by atoms with van der Waals surface area (Å²) in [5, 5.41) is -0.0324. The maximum atomic E-state index is 11.5. The summed E-state index contributed by atoms with van der Waals surface area (Å²) in [4.78, 5) is 0. The lowest BCUT2D eigenvalue weighted by Crippen LogP contribution is -2.40. The second-order valence-electron chi connectivity index (χ2n) is 4.39. The number of nitrogens with one attached hydrogen (secondary N) is 1. The third-order valence-electron chi connectivity index (χ3n) is 3.77. The minimum atomic E-state index is -2.90. The summed E-state index contributed by atoms with van der Waals surface area (Å²) >= 11 is 0. The van der Waals surface area contributed by atoms with E-state index in [0.29, 0.717) is 17.9 Å². The predicted octanol–water partition coefficient (Wildman–Crippen LogP) is 0.477. The molecule has 3 saturated carbocycles. The second-order valence-corrected chi connectivity index (χ2v) is 6.32. The van der Waals surface area contributed by atoms with Crippen molar-refractivity contribution in [3.63, 3.8) is 0 Å². The molecule has 0 radical (unpaired) electrons. The van der Waals surface area contributed by atoms with E-state index in [4.69, 9.17) is 0 Å². The van der Waals surface area contributed by atoms with Crippen molar-refractivity contribution in [3.05, 3.63) is 0 Å². The van der Waals surface area contributed by atoms with Gasteiger partial charge in [0.05, 0.1) is 5.25 Å². The minimum absolute atomic E-state index is 0.0324. The molecular weight excluding hydrogens is 174 g/mol. The van der Waals surface area contributed by atoms with Crippen LogP contribution in [0.1, 0.15) is 25.7 Å². The monoisotopic (exact) mass is 187 g/mol. The van der Waals surface area contributed by atoms with Crippen molar-refractivity contribution in [3.8, 4) is 0 Å². The summed E-state index contributed by atoms with van der Waals surface area (Å²) in [5.74, 6) is 1.13. The molecule has 0 aromatic rings. The molecule has 0 amide bonds. The zero-order chi connectivity index (χ0) is 8.34. The van der Waals surface area contributed by atoms with Crippen molar-refractivity contribution in [1.82, 2.24) is 4.72 Å². The average Bonchev–Trinajstić information content (AvgIpc) is 2.20. The van der Waals surface area contributed by atoms with E-state index in [9.17, 15) is 8.42 Å². The molecule has 4 unspecified atom stereocenters. The molecule has 4 bridgehead atoms. The van der Waals surface area contributed by atoms with Crippen LogP contribution in [0.3, 0.4) is 0 Å². The van der Waals surface area contributed by atoms with E-state index in [1.54, 1.807) is 0 Å². The summed E-state index contributed by atoms with van der Waals surface area (Å²) in [6.07, 6.45) is 4.41. The third-order valence-corrected chi connectivity index (χ3v) is 5.74. The summed E-state index contributed by atoms with van der Waals surface area (Å²) in [5.41, 5.74) is 0. The fourth-order valence-electron chi connectivity index (χ4n) is 3.23. The van der Waals surface area contributed by atoms with Gasteiger partial charge in [0.25, 0.3) is 0 Å². The van der Waals surface area contributed by atoms with E-state index in [1.165, 1.54) is 6.42 Å². The van der Waals surface area contributed by atoms with Crippen molar-refractivity contribution >= 4 is 10.0 Å². The molecule has 3 nitrogen and oxygen atoms in total. The predicted molar refractivity (Wildman–Crippen MR) is 45.1 cm³/mol. The maximum absolute atomic E-state index is 11.5. The van der Waals surface area contributed by atoms with Crippen LogP contribution in [0, 0.1) is 11.8 Å². The highest BCUT2D eigenvalue weighted by Gasteiger charge is 2.54. The van der Waals surface area contributed by atoms with Gasteiger partial charge in [0.1, 0.15) is 0 Å². The van der Waals surface area contributed by atoms with Crippen molar-refractivity contribution in [2.24, 2.45) is 11.8 Å². The Kier molecular flexibility index (Phi) is 1.25. The Labute approximate surface area is 72.6 Å². The smallest absolute Gasteiger partial charge is 0.212 e. The Morgan fingerprint density at radius 3 is 2.58 bits per heavy atom. The Morgan fingerprint density at radius 1 is 1.17 bits per heavy atom. The van der Waals surface area contributed by atoms with Crippen LogP contribution in [0.4, 0.5) is 0 Å². The Morgan fingerprint density at radius 2 is 2.00 bits per heavy atom. The van der Waals surface area contributed by atoms with E-state index in [0.717, 1.165) is 19.3 Å². The highest BCUT2D eigenvalue weighted by atomic mass is 32.2. The summed E-state index contributed by atoms with van der Waals surface area (Å²) < 4.78 is 25.8. The lowest BCUT2D eigenvalue weighted by atomic mass is 9.68. The van der Waals surface area contributed by atoms with Gasteiger partial charge in [0.2, 0.25) is 10.0 Å². The topological polar surface area (TPSA) is 46.2 Å². The molecule has 1 heterocycles. The largest absolute Gasteiger partial charge is 0.215 e. The highest BCUT2D eigenvalue weighted by Crippen LogP contribution is 2.47. The Hall–Kier alpha value is -0.0900. The molecule has 1 aliphatic heterocycles. The molecule has 0 aromatic carbocycles. The lowest BCUT2D eigenvalue weighted by Gasteiger charge is -2.39. The molecule has 12 heavy (non-hydrogen) atoms. The van der Waals surface area contributed by atoms with E-state index < -0.39 is 10.0 Å². The van der Waals surface area contributed by atoms with Gasteiger partial charge in [-0.15, -0.1) is 0 Å². The number of hydrogen-bond acceptors (Lipinski definition) is 2. The first-order chi connectivity index (χ1) is 5.67. The highest BCUT2D eigenvalue weighted by molar-refractivity contribution is 7.90. The van der Waals surface area contributed by atoms with Gasteiger partial charge < -0.3 is 0 Å². The van der Waals surface area contributed by atoms with E-state index in [1.807, 2.05) is 0 Å². The fourth-order valence-corrected chi connectivity index (χ4v) is 5.41. The van der Waals surface area contributed by atoms with Crippen LogP contribution in [-0.2, 0) is 10.0 Å². The van der Waals surface area contributed by atoms with Crippen LogP contribution < -0.4 is 4.72 Å². The van der Waals surface area contributed by atoms with E-state index in [-0.39, 0.29) is 5.25 Å². The second kappa shape index (κ2) is 2.04. The zero-order valence-corrected chi connectivity index (χ0v) is 7.68. The van der Waals surface area contributed by atoms with Gasteiger partial charge in [0.15, 0.2) is 0 Å². The molecule has 4 fully saturated rings. The van der Waals surface area contributed by atoms with Gasteiger partial charge >= 0.3 is 0 Å². The molecule has 4 aliphatic rings. The van der Waals surface area contributed by atoms with Gasteiger partial charge in [0, 0.05) is 6.04 Å². The molecule has 4 heteroatoms. The van der Waals surface area contributed by atoms with Crippen LogP contribution in [0.15, 0.2) is 0 Å². The van der Waals surface area contributed by atoms with Gasteiger partial charge in [-0.3, -0.25) is 0 Å². The normalized spacial score (nSPS) is 54.3. The van der Waals surface area contributed by atoms with Crippen molar-refractivity contribution < 1.29 is 8.42 Å². The number of fused-ring (bicyclic) bond motifs is 1. The molecule has 1 N–H and O–H groups in total. The van der Waals surface area contributed by atoms with Crippen LogP contribution in [0.25, 0.3) is 0 Å². The van der Waals surface area contributed by atoms with Gasteiger partial charge in [-0.05, 0) is 37.5 Å². The zero-order valence-electron chi connectivity index (χ0n) is 6.86. The van der Waals surface area contributed by atoms with Crippen LogP contribution in [-0.4, -0.2) is 19.7 Å². The molecule has 1 saturated heterocycles. The molecule has 3 aliphatic carbocycles. The number of hydrogen-bond donors (Lipinski definition) is 1. The standard InChI is InChI=1S/C8H13NO2S/c10-12(11)8-4-5-1-2-6(8)7(3-5)9-12/h5-9H,1-4H2. The van der Waals surface area contributed by atoms with Gasteiger partial charge in [-0.2, -0.15) is 0 Å². The number of rotatable bonds is 0. The SMILES string of the molecule is O=S1(=O)NC2CC3CCC2C1C3. The van der Waals surface area contributed by atoms with Crippen LogP contribution in [0.5, 0.6) is 0 Å². The minimum Gasteiger partial charge on any atom is -0.212 e. The lowest BCUT2D eigenvalue weighted by molar-refractivity contribution is 0.162. The molecular formula is C8H13NO2S. The number of sulfonamides is 1. The fraction of sp³-hybridized carbons (Fsp3) is 1.00. The van der Waals surface area contributed by atoms with E-state index in [2.05, 4.69) is 4.72 Å². The van der Waals surface area contributed by atoms with Crippen molar-refractivity contribution in [2.75, 3.05) is 0 Å². The summed E-state index contributed by atoms with van der Waals surface area (Å²) in [6, 6.07) is 0.299. The molecule has 68 valence electrons. The quantitative estimate of drug-likeness (QED) is 0.599. The first-order valence-corrected chi connectivity index (χ1v) is 6.22. The molecule has 0 spiro atoms. The van der Waals surface area contributed by atoms with Crippen molar-refractivity contribution in [2.45, 2.75) is 37.0 Å². The van der Waals surface area contributed by atoms with Crippen molar-refractivity contribution in [1.29, 1.82) is 0 Å². The maximum Gasteiger partial charge on any atom is 0.215 e. The van der Waals surface area contributed by atoms with Crippen LogP contribution in [0.2, 0.25) is 0 Å². The Bertz CT molecular complexity index is 311. The van der Waals surface area contributed by atoms with Gasteiger partial charge in [-0.1, -0.05) is 0 Å². The first-order valence-electron chi connectivity index (χ1n) is 4.68. The summed E-state index contributed by atoms with van der Waals surface area (Å²) in [6.45, 7) is 0. The first kappa shape index (κ1) is 7.33. The van der Waals surface area contributed by atoms with E-state index >= 15 is 0 Å². The van der Waals surface area contributed by atoms with Crippen LogP contribution >= 0.6 is 0 Å². The average molecular weight is 187 g/mol. The Balaban J connectivity index is 2.07. The molecule has 4 rings (SSSR count).